The van der Waals surface area contributed by atoms with Gasteiger partial charge in [-0.05, 0) is 37.1 Å². The Balaban J connectivity index is 2.05. The summed E-state index contributed by atoms with van der Waals surface area (Å²) in [6.07, 6.45) is 0. The molecule has 0 aliphatic heterocycles. The van der Waals surface area contributed by atoms with Crippen molar-refractivity contribution in [3.05, 3.63) is 65.7 Å². The summed E-state index contributed by atoms with van der Waals surface area (Å²) in [7, 11) is 0. The van der Waals surface area contributed by atoms with Gasteiger partial charge in [0.1, 0.15) is 5.75 Å². The molecule has 0 radical (unpaired) electrons. The average Bonchev–Trinajstić information content (AvgIpc) is 2.54. The number of nitrogens with one attached hydrogen (secondary N) is 1. The Labute approximate surface area is 127 Å². The van der Waals surface area contributed by atoms with Gasteiger partial charge in [0.05, 0.1) is 6.61 Å². The topological polar surface area (TPSA) is 47.3 Å². The van der Waals surface area contributed by atoms with Crippen molar-refractivity contribution >= 4 is 0 Å². The molecule has 21 heavy (non-hydrogen) atoms. The van der Waals surface area contributed by atoms with Crippen molar-refractivity contribution in [1.29, 1.82) is 0 Å². The summed E-state index contributed by atoms with van der Waals surface area (Å²) in [6.45, 7) is 5.39. The second-order valence-corrected chi connectivity index (χ2v) is 5.09. The zero-order chi connectivity index (χ0) is 15.1. The smallest absolute Gasteiger partial charge is 0.119 e. The number of ether oxygens (including phenoxy) is 1. The highest BCUT2D eigenvalue weighted by molar-refractivity contribution is 5.30. The van der Waals surface area contributed by atoms with Crippen molar-refractivity contribution in [2.45, 2.75) is 25.9 Å². The summed E-state index contributed by atoms with van der Waals surface area (Å²) in [5, 5.41) is 3.58. The van der Waals surface area contributed by atoms with E-state index in [1.165, 1.54) is 11.1 Å². The van der Waals surface area contributed by atoms with Crippen LogP contribution in [0.25, 0.3) is 0 Å². The van der Waals surface area contributed by atoms with E-state index in [-0.39, 0.29) is 12.1 Å². The van der Waals surface area contributed by atoms with E-state index in [4.69, 9.17) is 10.5 Å². The third-order valence-electron chi connectivity index (χ3n) is 3.58. The summed E-state index contributed by atoms with van der Waals surface area (Å²) in [4.78, 5) is 0. The molecule has 0 spiro atoms. The largest absolute Gasteiger partial charge is 0.494 e. The minimum Gasteiger partial charge on any atom is -0.494 e. The minimum atomic E-state index is 0.135. The Bertz CT molecular complexity index is 525. The van der Waals surface area contributed by atoms with E-state index >= 15 is 0 Å². The molecule has 0 heterocycles. The number of nitrogens with two attached hydrogens (primary N) is 1. The third kappa shape index (κ3) is 4.31. The van der Waals surface area contributed by atoms with Crippen LogP contribution in [0, 0.1) is 0 Å². The molecule has 0 fully saturated rings. The lowest BCUT2D eigenvalue weighted by atomic mass is 10.0. The second kappa shape index (κ2) is 7.81. The molecule has 2 aromatic carbocycles. The molecule has 3 heteroatoms. The van der Waals surface area contributed by atoms with Gasteiger partial charge in [-0.15, -0.1) is 0 Å². The zero-order valence-corrected chi connectivity index (χ0v) is 12.8. The van der Waals surface area contributed by atoms with E-state index in [1.807, 2.05) is 25.1 Å². The maximum atomic E-state index is 5.93. The lowest BCUT2D eigenvalue weighted by Crippen LogP contribution is -2.30. The Morgan fingerprint density at radius 2 is 1.67 bits per heavy atom. The second-order valence-electron chi connectivity index (χ2n) is 5.09. The van der Waals surface area contributed by atoms with Gasteiger partial charge in [-0.2, -0.15) is 0 Å². The zero-order valence-electron chi connectivity index (χ0n) is 12.8. The van der Waals surface area contributed by atoms with Crippen LogP contribution in [0.1, 0.15) is 37.1 Å². The van der Waals surface area contributed by atoms with Crippen molar-refractivity contribution in [3.8, 4) is 5.75 Å². The van der Waals surface area contributed by atoms with Gasteiger partial charge < -0.3 is 15.8 Å². The molecule has 0 saturated carbocycles. The van der Waals surface area contributed by atoms with Gasteiger partial charge in [-0.25, -0.2) is 0 Å². The molecule has 3 N–H and O–H groups in total. The molecule has 2 rings (SSSR count). The average molecular weight is 284 g/mol. The maximum absolute atomic E-state index is 5.93. The maximum Gasteiger partial charge on any atom is 0.119 e. The summed E-state index contributed by atoms with van der Waals surface area (Å²) in [6, 6.07) is 18.9. The van der Waals surface area contributed by atoms with Gasteiger partial charge in [-0.1, -0.05) is 42.5 Å². The molecular formula is C18H24N2O. The Morgan fingerprint density at radius 3 is 2.24 bits per heavy atom. The number of hydrogen-bond acceptors (Lipinski definition) is 3. The molecule has 0 amide bonds. The third-order valence-corrected chi connectivity index (χ3v) is 3.58. The molecule has 0 aliphatic carbocycles. The molecule has 0 aliphatic rings. The van der Waals surface area contributed by atoms with Crippen molar-refractivity contribution in [3.63, 3.8) is 0 Å². The van der Waals surface area contributed by atoms with Gasteiger partial charge in [0.2, 0.25) is 0 Å². The fraction of sp³-hybridized carbons (Fsp3) is 0.333. The van der Waals surface area contributed by atoms with Crippen LogP contribution < -0.4 is 15.8 Å². The van der Waals surface area contributed by atoms with Gasteiger partial charge in [0.25, 0.3) is 0 Å². The van der Waals surface area contributed by atoms with Crippen LogP contribution >= 0.6 is 0 Å². The Morgan fingerprint density at radius 1 is 1.00 bits per heavy atom. The first-order valence-corrected chi connectivity index (χ1v) is 7.48. The minimum absolute atomic E-state index is 0.135. The lowest BCUT2D eigenvalue weighted by Gasteiger charge is -2.23. The van der Waals surface area contributed by atoms with Gasteiger partial charge >= 0.3 is 0 Å². The summed E-state index contributed by atoms with van der Waals surface area (Å²) < 4.78 is 5.47. The molecule has 2 aromatic rings. The number of hydrogen-bond donors (Lipinski definition) is 2. The fourth-order valence-corrected chi connectivity index (χ4v) is 2.40. The van der Waals surface area contributed by atoms with E-state index in [1.54, 1.807) is 0 Å². The fourth-order valence-electron chi connectivity index (χ4n) is 2.40. The number of rotatable bonds is 7. The summed E-state index contributed by atoms with van der Waals surface area (Å²) in [5.74, 6) is 0.896. The van der Waals surface area contributed by atoms with Crippen LogP contribution in [0.5, 0.6) is 5.75 Å². The quantitative estimate of drug-likeness (QED) is 0.819. The van der Waals surface area contributed by atoms with Crippen LogP contribution in [0.4, 0.5) is 0 Å². The van der Waals surface area contributed by atoms with Crippen molar-refractivity contribution in [2.75, 3.05) is 13.2 Å². The molecule has 2 atom stereocenters. The van der Waals surface area contributed by atoms with Crippen LogP contribution in [0.15, 0.2) is 54.6 Å². The first kappa shape index (κ1) is 15.5. The molecule has 0 bridgehead atoms. The van der Waals surface area contributed by atoms with Crippen LogP contribution in [0.2, 0.25) is 0 Å². The summed E-state index contributed by atoms with van der Waals surface area (Å²) in [5.41, 5.74) is 8.38. The Kier molecular flexibility index (Phi) is 5.78. The van der Waals surface area contributed by atoms with E-state index in [2.05, 4.69) is 48.6 Å². The van der Waals surface area contributed by atoms with Crippen LogP contribution in [-0.4, -0.2) is 13.2 Å². The normalized spacial score (nSPS) is 13.7. The first-order valence-electron chi connectivity index (χ1n) is 7.48. The van der Waals surface area contributed by atoms with E-state index in [0.717, 1.165) is 5.75 Å². The number of benzene rings is 2. The van der Waals surface area contributed by atoms with Crippen molar-refractivity contribution in [1.82, 2.24) is 5.32 Å². The van der Waals surface area contributed by atoms with Gasteiger partial charge in [0, 0.05) is 18.6 Å². The van der Waals surface area contributed by atoms with E-state index in [9.17, 15) is 0 Å². The molecule has 0 aromatic heterocycles. The summed E-state index contributed by atoms with van der Waals surface area (Å²) >= 11 is 0. The van der Waals surface area contributed by atoms with Crippen molar-refractivity contribution in [2.24, 2.45) is 5.73 Å². The van der Waals surface area contributed by atoms with E-state index < -0.39 is 0 Å². The molecule has 3 nitrogen and oxygen atoms in total. The molecule has 2 unspecified atom stereocenters. The SMILES string of the molecule is CCOc1ccc(C(CN)NC(C)c2ccccc2)cc1. The molecule has 112 valence electrons. The van der Waals surface area contributed by atoms with Gasteiger partial charge in [-0.3, -0.25) is 0 Å². The lowest BCUT2D eigenvalue weighted by molar-refractivity contribution is 0.340. The molecule has 0 saturated heterocycles. The predicted octanol–water partition coefficient (Wildman–Crippen LogP) is 3.44. The van der Waals surface area contributed by atoms with Crippen LogP contribution in [-0.2, 0) is 0 Å². The standard InChI is InChI=1S/C18H24N2O/c1-3-21-17-11-9-16(10-12-17)18(13-19)20-14(2)15-7-5-4-6-8-15/h4-12,14,18,20H,3,13,19H2,1-2H3. The Hall–Kier alpha value is -1.84. The van der Waals surface area contributed by atoms with Crippen molar-refractivity contribution < 1.29 is 4.74 Å². The monoisotopic (exact) mass is 284 g/mol. The highest BCUT2D eigenvalue weighted by Crippen LogP contribution is 2.21. The highest BCUT2D eigenvalue weighted by Gasteiger charge is 2.13. The van der Waals surface area contributed by atoms with Crippen LogP contribution in [0.3, 0.4) is 0 Å². The van der Waals surface area contributed by atoms with Gasteiger partial charge in [0.15, 0.2) is 0 Å². The van der Waals surface area contributed by atoms with E-state index in [0.29, 0.717) is 13.2 Å². The first-order chi connectivity index (χ1) is 10.2. The molecular weight excluding hydrogens is 260 g/mol. The highest BCUT2D eigenvalue weighted by atomic mass is 16.5. The predicted molar refractivity (Wildman–Crippen MR) is 87.4 cm³/mol.